The number of carbonyl (C=O) groups excluding carboxylic acids is 2. The summed E-state index contributed by atoms with van der Waals surface area (Å²) in [6, 6.07) is 12.3. The van der Waals surface area contributed by atoms with E-state index >= 15 is 0 Å². The van der Waals surface area contributed by atoms with Crippen LogP contribution in [-0.4, -0.2) is 17.4 Å². The lowest BCUT2D eigenvalue weighted by atomic mass is 9.71. The molecule has 2 aliphatic rings. The number of hydrogen-bond acceptors (Lipinski definition) is 3. The lowest BCUT2D eigenvalue weighted by molar-refractivity contribution is -0.119. The van der Waals surface area contributed by atoms with Gasteiger partial charge < -0.3 is 5.32 Å². The van der Waals surface area contributed by atoms with Crippen molar-refractivity contribution in [2.24, 2.45) is 10.9 Å². The van der Waals surface area contributed by atoms with Crippen LogP contribution >= 0.6 is 0 Å². The molecule has 29 heavy (non-hydrogen) atoms. The van der Waals surface area contributed by atoms with E-state index in [-0.39, 0.29) is 11.5 Å². The fourth-order valence-corrected chi connectivity index (χ4v) is 4.17. The summed E-state index contributed by atoms with van der Waals surface area (Å²) in [5.74, 6) is -3.30. The second-order valence-corrected chi connectivity index (χ2v) is 7.37. The Balaban J connectivity index is 1.76. The average molecular weight is 394 g/mol. The van der Waals surface area contributed by atoms with Crippen LogP contribution in [0.25, 0.3) is 0 Å². The number of ketones is 1. The summed E-state index contributed by atoms with van der Waals surface area (Å²) >= 11 is 0. The SMILES string of the molecule is CC1=NC2=C(C(=O)CCC2)[C@H](c2ccccc2)C1C(=O)Nc1ccc(F)cc1F. The summed E-state index contributed by atoms with van der Waals surface area (Å²) < 4.78 is 27.3. The van der Waals surface area contributed by atoms with Crippen LogP contribution in [0.4, 0.5) is 14.5 Å². The molecule has 1 N–H and O–H groups in total. The zero-order valence-corrected chi connectivity index (χ0v) is 15.9. The zero-order chi connectivity index (χ0) is 20.5. The number of amides is 1. The van der Waals surface area contributed by atoms with Gasteiger partial charge in [0.25, 0.3) is 0 Å². The normalized spacial score (nSPS) is 21.5. The van der Waals surface area contributed by atoms with Gasteiger partial charge in [0.1, 0.15) is 11.6 Å². The van der Waals surface area contributed by atoms with Crippen molar-refractivity contribution in [2.45, 2.75) is 32.1 Å². The van der Waals surface area contributed by atoms with E-state index in [1.165, 1.54) is 6.07 Å². The van der Waals surface area contributed by atoms with E-state index in [4.69, 9.17) is 0 Å². The third-order valence-electron chi connectivity index (χ3n) is 5.46. The molecule has 1 aliphatic carbocycles. The lowest BCUT2D eigenvalue weighted by Crippen LogP contribution is -2.39. The molecule has 0 bridgehead atoms. The molecule has 1 aliphatic heterocycles. The predicted octanol–water partition coefficient (Wildman–Crippen LogP) is 4.78. The Kier molecular flexibility index (Phi) is 5.09. The van der Waals surface area contributed by atoms with Crippen molar-refractivity contribution in [1.82, 2.24) is 0 Å². The largest absolute Gasteiger partial charge is 0.323 e. The molecule has 2 aromatic rings. The van der Waals surface area contributed by atoms with Crippen molar-refractivity contribution in [1.29, 1.82) is 0 Å². The maximum absolute atomic E-state index is 14.1. The van der Waals surface area contributed by atoms with E-state index in [9.17, 15) is 18.4 Å². The number of anilines is 1. The third kappa shape index (κ3) is 3.62. The average Bonchev–Trinajstić information content (AvgIpc) is 2.70. The number of halogens is 2. The molecule has 0 saturated carbocycles. The van der Waals surface area contributed by atoms with Crippen LogP contribution in [0.15, 0.2) is 64.8 Å². The highest BCUT2D eigenvalue weighted by atomic mass is 19.1. The summed E-state index contributed by atoms with van der Waals surface area (Å²) in [5.41, 5.74) is 2.62. The Bertz CT molecular complexity index is 1040. The number of aliphatic imine (C=N–C) groups is 1. The van der Waals surface area contributed by atoms with Crippen molar-refractivity contribution < 1.29 is 18.4 Å². The van der Waals surface area contributed by atoms with Crippen LogP contribution in [0.2, 0.25) is 0 Å². The molecule has 0 fully saturated rings. The van der Waals surface area contributed by atoms with Gasteiger partial charge in [-0.3, -0.25) is 14.6 Å². The van der Waals surface area contributed by atoms with E-state index in [1.807, 2.05) is 30.3 Å². The number of benzene rings is 2. The third-order valence-corrected chi connectivity index (χ3v) is 5.46. The van der Waals surface area contributed by atoms with Gasteiger partial charge in [0, 0.05) is 35.4 Å². The lowest BCUT2D eigenvalue weighted by Gasteiger charge is -2.35. The quantitative estimate of drug-likeness (QED) is 0.814. The minimum Gasteiger partial charge on any atom is -0.323 e. The van der Waals surface area contributed by atoms with E-state index in [0.717, 1.165) is 29.8 Å². The second kappa shape index (κ2) is 7.70. The number of nitrogens with zero attached hydrogens (tertiary/aromatic N) is 1. The highest BCUT2D eigenvalue weighted by Crippen LogP contribution is 2.43. The fraction of sp³-hybridized carbons (Fsp3) is 0.261. The van der Waals surface area contributed by atoms with Crippen LogP contribution in [0.1, 0.15) is 37.7 Å². The number of rotatable bonds is 3. The number of allylic oxidation sites excluding steroid dienone is 2. The molecule has 4 rings (SSSR count). The summed E-state index contributed by atoms with van der Waals surface area (Å²) in [7, 11) is 0. The van der Waals surface area contributed by atoms with Gasteiger partial charge in [-0.15, -0.1) is 0 Å². The molecule has 1 unspecified atom stereocenters. The predicted molar refractivity (Wildman–Crippen MR) is 107 cm³/mol. The zero-order valence-electron chi connectivity index (χ0n) is 15.9. The number of nitrogens with one attached hydrogen (secondary N) is 1. The highest BCUT2D eigenvalue weighted by Gasteiger charge is 2.42. The molecule has 148 valence electrons. The van der Waals surface area contributed by atoms with Crippen LogP contribution in [-0.2, 0) is 9.59 Å². The Morgan fingerprint density at radius 3 is 2.59 bits per heavy atom. The van der Waals surface area contributed by atoms with Crippen LogP contribution in [0.3, 0.4) is 0 Å². The Hall–Kier alpha value is -3.15. The molecule has 1 amide bonds. The van der Waals surface area contributed by atoms with Crippen molar-refractivity contribution in [3.8, 4) is 0 Å². The highest BCUT2D eigenvalue weighted by molar-refractivity contribution is 6.13. The van der Waals surface area contributed by atoms with Crippen LogP contribution in [0.5, 0.6) is 0 Å². The molecule has 6 heteroatoms. The molecule has 0 aromatic heterocycles. The molecule has 0 spiro atoms. The molecule has 2 atom stereocenters. The first-order valence-electron chi connectivity index (χ1n) is 9.58. The summed E-state index contributed by atoms with van der Waals surface area (Å²) in [6.07, 6.45) is 1.87. The van der Waals surface area contributed by atoms with Gasteiger partial charge in [0.05, 0.1) is 11.6 Å². The number of Topliss-reactive ketones (excluding diaryl/α,β-unsaturated/α-hetero) is 1. The van der Waals surface area contributed by atoms with E-state index in [2.05, 4.69) is 10.3 Å². The summed E-state index contributed by atoms with van der Waals surface area (Å²) in [4.78, 5) is 30.5. The van der Waals surface area contributed by atoms with Gasteiger partial charge in [-0.25, -0.2) is 8.78 Å². The second-order valence-electron chi connectivity index (χ2n) is 7.37. The van der Waals surface area contributed by atoms with Crippen LogP contribution < -0.4 is 5.32 Å². The molecular weight excluding hydrogens is 374 g/mol. The minimum atomic E-state index is -0.853. The van der Waals surface area contributed by atoms with Gasteiger partial charge in [-0.05, 0) is 37.5 Å². The Morgan fingerprint density at radius 2 is 1.86 bits per heavy atom. The summed E-state index contributed by atoms with van der Waals surface area (Å²) in [5, 5.41) is 2.55. The molecule has 1 heterocycles. The first-order valence-corrected chi connectivity index (χ1v) is 9.58. The van der Waals surface area contributed by atoms with Crippen molar-refractivity contribution in [3.05, 3.63) is 77.0 Å². The number of hydrogen-bond donors (Lipinski definition) is 1. The smallest absolute Gasteiger partial charge is 0.234 e. The van der Waals surface area contributed by atoms with E-state index < -0.39 is 29.4 Å². The number of carbonyl (C=O) groups is 2. The van der Waals surface area contributed by atoms with E-state index in [0.29, 0.717) is 24.1 Å². The van der Waals surface area contributed by atoms with Crippen LogP contribution in [0, 0.1) is 17.6 Å². The van der Waals surface area contributed by atoms with Crippen molar-refractivity contribution in [2.75, 3.05) is 5.32 Å². The minimum absolute atomic E-state index is 0.00196. The fourth-order valence-electron chi connectivity index (χ4n) is 4.17. The van der Waals surface area contributed by atoms with Crippen molar-refractivity contribution in [3.63, 3.8) is 0 Å². The van der Waals surface area contributed by atoms with Gasteiger partial charge in [-0.2, -0.15) is 0 Å². The first kappa shape index (κ1) is 19.2. The molecule has 4 nitrogen and oxygen atoms in total. The maximum Gasteiger partial charge on any atom is 0.234 e. The standard InChI is InChI=1S/C23H20F2N2O2/c1-13-20(23(29)27-17-11-10-15(24)12-16(17)25)21(14-6-3-2-4-7-14)22-18(26-13)8-5-9-19(22)28/h2-4,6-7,10-12,20-21H,5,8-9H2,1H3,(H,27,29)/t20?,21-/m1/s1. The maximum atomic E-state index is 14.1. The molecule has 0 radical (unpaired) electrons. The summed E-state index contributed by atoms with van der Waals surface area (Å²) in [6.45, 7) is 1.75. The van der Waals surface area contributed by atoms with Gasteiger partial charge in [0.2, 0.25) is 5.91 Å². The molecule has 0 saturated heterocycles. The van der Waals surface area contributed by atoms with Crippen molar-refractivity contribution >= 4 is 23.1 Å². The van der Waals surface area contributed by atoms with Gasteiger partial charge in [-0.1, -0.05) is 30.3 Å². The van der Waals surface area contributed by atoms with E-state index in [1.54, 1.807) is 6.92 Å². The molecular formula is C23H20F2N2O2. The van der Waals surface area contributed by atoms with Gasteiger partial charge in [0.15, 0.2) is 5.78 Å². The monoisotopic (exact) mass is 394 g/mol. The molecule has 2 aromatic carbocycles. The Morgan fingerprint density at radius 1 is 1.10 bits per heavy atom. The topological polar surface area (TPSA) is 58.5 Å². The Labute approximate surface area is 167 Å². The van der Waals surface area contributed by atoms with Gasteiger partial charge >= 0.3 is 0 Å². The first-order chi connectivity index (χ1) is 14.0.